The van der Waals surface area contributed by atoms with Gasteiger partial charge in [0.05, 0.1) is 0 Å². The van der Waals surface area contributed by atoms with E-state index >= 15 is 0 Å². The fourth-order valence-corrected chi connectivity index (χ4v) is 8.25. The van der Waals surface area contributed by atoms with E-state index in [1.807, 2.05) is 115 Å². The molecule has 0 spiro atoms. The zero-order valence-electron chi connectivity index (χ0n) is 33.9. The van der Waals surface area contributed by atoms with Crippen molar-refractivity contribution in [3.05, 3.63) is 176 Å². The van der Waals surface area contributed by atoms with Crippen molar-refractivity contribution in [3.63, 3.8) is 0 Å². The predicted octanol–water partition coefficient (Wildman–Crippen LogP) is 11.3. The minimum atomic E-state index is 0. The maximum absolute atomic E-state index is 6.54. The Kier molecular flexibility index (Phi) is 10.6. The molecule has 13 heteroatoms. The molecule has 0 atom stereocenters. The molecule has 6 aromatic heterocycles. The molecule has 0 saturated heterocycles. The fourth-order valence-electron chi connectivity index (χ4n) is 8.25. The number of para-hydroxylation sites is 2. The first-order valence-corrected chi connectivity index (χ1v) is 20.2. The summed E-state index contributed by atoms with van der Waals surface area (Å²) in [7, 11) is 0. The van der Waals surface area contributed by atoms with Gasteiger partial charge in [-0.15, -0.1) is 79.7 Å². The molecule has 312 valence electrons. The number of benzene rings is 6. The molecule has 11 nitrogen and oxygen atoms in total. The number of hydrogen-bond acceptors (Lipinski definition) is 8. The van der Waals surface area contributed by atoms with Crippen LogP contribution in [-0.2, 0) is 42.1 Å². The van der Waals surface area contributed by atoms with Crippen molar-refractivity contribution in [3.8, 4) is 40.6 Å². The first-order chi connectivity index (χ1) is 30.6. The van der Waals surface area contributed by atoms with Crippen LogP contribution in [0, 0.1) is 24.3 Å². The van der Waals surface area contributed by atoms with E-state index in [2.05, 4.69) is 100 Å². The zero-order chi connectivity index (χ0) is 41.3. The van der Waals surface area contributed by atoms with Gasteiger partial charge in [0.2, 0.25) is 0 Å². The Balaban J connectivity index is 0.00000242. The average Bonchev–Trinajstić information content (AvgIpc) is 3.94. The van der Waals surface area contributed by atoms with Crippen LogP contribution >= 0.6 is 0 Å². The van der Waals surface area contributed by atoms with Crippen LogP contribution < -0.4 is 9.47 Å². The molecule has 64 heavy (non-hydrogen) atoms. The van der Waals surface area contributed by atoms with Gasteiger partial charge in [-0.2, -0.15) is 35.0 Å². The molecule has 0 unspecified atom stereocenters. The van der Waals surface area contributed by atoms with Gasteiger partial charge >= 0.3 is 42.1 Å². The second-order valence-corrected chi connectivity index (χ2v) is 15.2. The molecule has 0 saturated carbocycles. The predicted molar refractivity (Wildman–Crippen MR) is 239 cm³/mol. The van der Waals surface area contributed by atoms with E-state index in [4.69, 9.17) is 9.47 Å². The quantitative estimate of drug-likeness (QED) is 0.138. The third kappa shape index (κ3) is 6.83. The van der Waals surface area contributed by atoms with E-state index in [1.165, 1.54) is 0 Å². The van der Waals surface area contributed by atoms with Crippen LogP contribution in [-0.4, -0.2) is 44.1 Å². The Morgan fingerprint density at radius 1 is 0.406 bits per heavy atom. The molecule has 0 bridgehead atoms. The van der Waals surface area contributed by atoms with Crippen molar-refractivity contribution in [1.29, 1.82) is 0 Å². The molecule has 0 amide bonds. The zero-order valence-corrected chi connectivity index (χ0v) is 38.5. The van der Waals surface area contributed by atoms with Crippen molar-refractivity contribution >= 4 is 65.4 Å². The van der Waals surface area contributed by atoms with E-state index in [0.29, 0.717) is 39.9 Å². The second-order valence-electron chi connectivity index (χ2n) is 15.2. The Hall–Kier alpha value is -7.06. The normalized spacial score (nSPS) is 11.5. The van der Waals surface area contributed by atoms with E-state index in [9.17, 15) is 0 Å². The van der Waals surface area contributed by atoms with Crippen LogP contribution in [0.4, 0.5) is 0 Å². The Labute approximate surface area is 394 Å². The van der Waals surface area contributed by atoms with Gasteiger partial charge in [0.1, 0.15) is 11.6 Å². The van der Waals surface area contributed by atoms with Gasteiger partial charge in [-0.25, -0.2) is 9.97 Å². The molecule has 0 aliphatic rings. The maximum Gasteiger partial charge on any atom is 2.00 e. The minimum absolute atomic E-state index is 0. The minimum Gasteiger partial charge on any atom is -0.509 e. The van der Waals surface area contributed by atoms with Gasteiger partial charge in [-0.05, 0) is 47.2 Å². The Bertz CT molecular complexity index is 3470. The summed E-state index contributed by atoms with van der Waals surface area (Å²) in [5.74, 6) is 4.43. The van der Waals surface area contributed by atoms with Gasteiger partial charge in [-0.1, -0.05) is 84.4 Å². The van der Waals surface area contributed by atoms with Gasteiger partial charge < -0.3 is 23.2 Å². The maximum atomic E-state index is 6.54. The average molecular weight is 1190 g/mol. The number of ether oxygens (including phenoxy) is 2. The molecular formula is C51H31N9O2Pt2. The van der Waals surface area contributed by atoms with Crippen LogP contribution in [0.15, 0.2) is 146 Å². The number of fused-ring (bicyclic) bond motifs is 9. The van der Waals surface area contributed by atoms with Crippen molar-refractivity contribution in [1.82, 2.24) is 44.1 Å². The second kappa shape index (κ2) is 16.6. The molecule has 12 aromatic rings. The first-order valence-electron chi connectivity index (χ1n) is 20.2. The monoisotopic (exact) mass is 1190 g/mol. The summed E-state index contributed by atoms with van der Waals surface area (Å²) in [6.45, 7) is 4.00. The molecule has 0 aliphatic heterocycles. The summed E-state index contributed by atoms with van der Waals surface area (Å²) in [6, 6.07) is 58.1. The first kappa shape index (κ1) is 41.0. The molecule has 6 heterocycles. The third-order valence-electron chi connectivity index (χ3n) is 11.0. The number of pyridine rings is 2. The molecular weight excluding hydrogens is 1160 g/mol. The summed E-state index contributed by atoms with van der Waals surface area (Å²) in [5.41, 5.74) is 5.08. The van der Waals surface area contributed by atoms with Crippen molar-refractivity contribution in [2.24, 2.45) is 0 Å². The molecule has 6 aromatic carbocycles. The topological polar surface area (TPSA) is 111 Å². The summed E-state index contributed by atoms with van der Waals surface area (Å²) in [4.78, 5) is 9.32. The van der Waals surface area contributed by atoms with Crippen LogP contribution in [0.5, 0.6) is 23.0 Å². The largest absolute Gasteiger partial charge is 2.00 e. The smallest absolute Gasteiger partial charge is 0.509 e. The Morgan fingerprint density at radius 3 is 1.17 bits per heavy atom. The van der Waals surface area contributed by atoms with E-state index in [1.54, 1.807) is 12.4 Å². The van der Waals surface area contributed by atoms with Crippen LogP contribution in [0.1, 0.15) is 25.6 Å². The van der Waals surface area contributed by atoms with Gasteiger partial charge in [0.15, 0.2) is 5.82 Å². The van der Waals surface area contributed by atoms with Gasteiger partial charge in [0.25, 0.3) is 5.95 Å². The summed E-state index contributed by atoms with van der Waals surface area (Å²) >= 11 is 0. The van der Waals surface area contributed by atoms with Crippen molar-refractivity contribution in [2.75, 3.05) is 0 Å². The molecule has 0 N–H and O–H groups in total. The molecule has 12 rings (SSSR count). The van der Waals surface area contributed by atoms with E-state index in [-0.39, 0.29) is 54.0 Å². The number of hydrogen-bond donors (Lipinski definition) is 0. The van der Waals surface area contributed by atoms with Crippen LogP contribution in [0.2, 0.25) is 0 Å². The van der Waals surface area contributed by atoms with Crippen LogP contribution in [0.25, 0.3) is 83.0 Å². The number of rotatable bonds is 8. The van der Waals surface area contributed by atoms with Gasteiger partial charge in [0, 0.05) is 52.3 Å². The van der Waals surface area contributed by atoms with Crippen LogP contribution in [0.3, 0.4) is 0 Å². The third-order valence-corrected chi connectivity index (χ3v) is 11.0. The summed E-state index contributed by atoms with van der Waals surface area (Å²) < 4.78 is 19.1. The fraction of sp³-hybridized carbons (Fsp3) is 0.0588. The van der Waals surface area contributed by atoms with E-state index in [0.717, 1.165) is 66.0 Å². The molecule has 0 fully saturated rings. The molecule has 0 aliphatic carbocycles. The van der Waals surface area contributed by atoms with Crippen molar-refractivity contribution in [2.45, 2.75) is 19.8 Å². The SMILES string of the molecule is CC(C)c1nnc(-n2c3[c-]c(Oc4[c-]c5c(cc4)c4ccccc4n5-c4ccccn4)ccc3c3ccc(Oc4[c-]c5c(cc4)c4ccccc4n5-c4ccccn4)[c-]c32)nn1.[Pt+2].[Pt+2]. The number of nitrogens with zero attached hydrogens (tertiary/aromatic N) is 9. The van der Waals surface area contributed by atoms with Crippen molar-refractivity contribution < 1.29 is 51.6 Å². The standard InChI is InChI=1S/C51H31N9O2.2Pt/c1-31(2)50-54-56-51(57-55-50)60-46-29-34(61-32-17-21-38-36-11-3-5-13-42(36)58(44(38)27-32)48-15-7-9-25-52-48)19-23-40(46)41-24-20-35(30-47(41)60)62-33-18-22-39-37-12-4-6-14-43(37)59(45(39)28-33)49-16-8-10-26-53-49;;/h3-26,31H,1-2H3;;/q-4;2*+2. The van der Waals surface area contributed by atoms with E-state index < -0.39 is 0 Å². The summed E-state index contributed by atoms with van der Waals surface area (Å²) in [5, 5.41) is 24.0. The van der Waals surface area contributed by atoms with Gasteiger partial charge in [-0.3, -0.25) is 0 Å². The molecule has 0 radical (unpaired) electrons. The summed E-state index contributed by atoms with van der Waals surface area (Å²) in [6.07, 6.45) is 3.58. The Morgan fingerprint density at radius 2 is 0.781 bits per heavy atom. The number of aromatic nitrogens is 9.